The molecular formula is C19H22O4Te. The van der Waals surface area contributed by atoms with E-state index in [2.05, 4.69) is 18.6 Å². The Labute approximate surface area is 152 Å². The van der Waals surface area contributed by atoms with Crippen molar-refractivity contribution in [2.75, 3.05) is 13.7 Å². The molecule has 0 atom stereocenters. The summed E-state index contributed by atoms with van der Waals surface area (Å²) < 4.78 is 12.8. The molecule has 0 heterocycles. The van der Waals surface area contributed by atoms with Crippen LogP contribution >= 0.6 is 0 Å². The van der Waals surface area contributed by atoms with Gasteiger partial charge in [0.1, 0.15) is 0 Å². The topological polar surface area (TPSA) is 55.8 Å². The van der Waals surface area contributed by atoms with E-state index in [1.165, 1.54) is 25.5 Å². The Morgan fingerprint density at radius 2 is 1.42 bits per heavy atom. The molecular weight excluding hydrogens is 420 g/mol. The molecule has 0 bridgehead atoms. The van der Waals surface area contributed by atoms with Gasteiger partial charge in [-0.05, 0) is 0 Å². The van der Waals surface area contributed by atoms with Crippen LogP contribution in [0.15, 0.2) is 24.3 Å². The molecule has 0 aliphatic rings. The van der Waals surface area contributed by atoms with Gasteiger partial charge >= 0.3 is 153 Å². The number of methoxy groups -OCH3 is 1. The summed E-state index contributed by atoms with van der Waals surface area (Å²) >= 11 is -0.580. The van der Waals surface area contributed by atoms with Crippen LogP contribution in [0.5, 0.6) is 11.5 Å². The summed E-state index contributed by atoms with van der Waals surface area (Å²) in [6.45, 7) is 8.16. The average molecular weight is 442 g/mol. The van der Waals surface area contributed by atoms with Crippen molar-refractivity contribution in [3.05, 3.63) is 46.5 Å². The predicted molar refractivity (Wildman–Crippen MR) is 96.0 cm³/mol. The normalized spacial score (nSPS) is 10.5. The summed E-state index contributed by atoms with van der Waals surface area (Å²) in [5, 5.41) is 9.71. The zero-order valence-corrected chi connectivity index (χ0v) is 16.9. The number of ether oxygens (including phenoxy) is 2. The van der Waals surface area contributed by atoms with Gasteiger partial charge in [0.25, 0.3) is 0 Å². The molecule has 0 aliphatic carbocycles. The van der Waals surface area contributed by atoms with Crippen LogP contribution in [0, 0.1) is 27.7 Å². The molecule has 128 valence electrons. The van der Waals surface area contributed by atoms with E-state index in [9.17, 15) is 9.90 Å². The minimum atomic E-state index is -0.580. The second kappa shape index (κ2) is 7.92. The first-order chi connectivity index (χ1) is 11.3. The van der Waals surface area contributed by atoms with Crippen LogP contribution in [0.25, 0.3) is 0 Å². The third-order valence-electron chi connectivity index (χ3n) is 3.67. The van der Waals surface area contributed by atoms with Gasteiger partial charge in [0.05, 0.1) is 0 Å². The maximum atomic E-state index is 11.2. The summed E-state index contributed by atoms with van der Waals surface area (Å²) in [5.74, 6) is 0.616. The first-order valence-corrected chi connectivity index (χ1v) is 9.93. The molecule has 0 aliphatic heterocycles. The molecule has 0 spiro atoms. The molecule has 0 aromatic heterocycles. The molecule has 24 heavy (non-hydrogen) atoms. The number of carbonyl (C=O) groups excluding carboxylic acids is 1. The Morgan fingerprint density at radius 3 is 1.88 bits per heavy atom. The Kier molecular flexibility index (Phi) is 6.15. The van der Waals surface area contributed by atoms with Crippen molar-refractivity contribution in [2.24, 2.45) is 0 Å². The molecule has 0 radical (unpaired) electrons. The van der Waals surface area contributed by atoms with Crippen molar-refractivity contribution < 1.29 is 19.4 Å². The molecule has 2 aromatic carbocycles. The standard InChI is InChI=1S/C19H22O4Te/c1-11-6-15(20)7-12(2)18(11)24-19-13(3)8-16(9-14(19)4)23-10-17(21)22-5/h6-9,20H,10H2,1-5H3. The summed E-state index contributed by atoms with van der Waals surface area (Å²) in [6.07, 6.45) is 0. The van der Waals surface area contributed by atoms with E-state index in [0.29, 0.717) is 11.5 Å². The molecule has 1 N–H and O–H groups in total. The minimum absolute atomic E-state index is 0.0817. The van der Waals surface area contributed by atoms with Crippen LogP contribution in [0.3, 0.4) is 0 Å². The number of phenols is 1. The predicted octanol–water partition coefficient (Wildman–Crippen LogP) is 1.83. The summed E-state index contributed by atoms with van der Waals surface area (Å²) in [5.41, 5.74) is 4.62. The third kappa shape index (κ3) is 4.43. The van der Waals surface area contributed by atoms with E-state index >= 15 is 0 Å². The number of hydrogen-bond acceptors (Lipinski definition) is 4. The second-order valence-electron chi connectivity index (χ2n) is 5.76. The zero-order valence-electron chi connectivity index (χ0n) is 14.6. The zero-order chi connectivity index (χ0) is 17.9. The number of hydrogen-bond donors (Lipinski definition) is 1. The molecule has 0 saturated heterocycles. The van der Waals surface area contributed by atoms with Crippen molar-refractivity contribution in [3.8, 4) is 11.5 Å². The maximum absolute atomic E-state index is 11.2. The number of aromatic hydroxyl groups is 1. The molecule has 0 fully saturated rings. The monoisotopic (exact) mass is 444 g/mol. The Balaban J connectivity index is 2.28. The van der Waals surface area contributed by atoms with Gasteiger partial charge in [0.2, 0.25) is 0 Å². The average Bonchev–Trinajstić information content (AvgIpc) is 2.50. The number of phenolic OH excluding ortho intramolecular Hbond substituents is 1. The fourth-order valence-corrected chi connectivity index (χ4v) is 5.64. The van der Waals surface area contributed by atoms with Gasteiger partial charge in [0, 0.05) is 0 Å². The van der Waals surface area contributed by atoms with Gasteiger partial charge in [-0.15, -0.1) is 0 Å². The SMILES string of the molecule is COC(=O)COc1cc(C)c([Te]c2c(C)cc(O)cc2C)c(C)c1. The van der Waals surface area contributed by atoms with Crippen LogP contribution in [-0.4, -0.2) is 45.7 Å². The number of benzene rings is 2. The molecule has 0 unspecified atom stereocenters. The van der Waals surface area contributed by atoms with Crippen molar-refractivity contribution in [2.45, 2.75) is 27.7 Å². The van der Waals surface area contributed by atoms with Gasteiger partial charge in [-0.3, -0.25) is 0 Å². The van der Waals surface area contributed by atoms with E-state index in [0.717, 1.165) is 11.1 Å². The third-order valence-corrected chi connectivity index (χ3v) is 8.51. The van der Waals surface area contributed by atoms with E-state index in [-0.39, 0.29) is 6.61 Å². The van der Waals surface area contributed by atoms with E-state index in [4.69, 9.17) is 4.74 Å². The molecule has 0 amide bonds. The quantitative estimate of drug-likeness (QED) is 0.568. The molecule has 0 saturated carbocycles. The fourth-order valence-electron chi connectivity index (χ4n) is 2.55. The van der Waals surface area contributed by atoms with Crippen LogP contribution in [0.2, 0.25) is 0 Å². The van der Waals surface area contributed by atoms with Gasteiger partial charge < -0.3 is 0 Å². The van der Waals surface area contributed by atoms with Crippen LogP contribution in [0.4, 0.5) is 0 Å². The number of aryl methyl sites for hydroxylation is 4. The van der Waals surface area contributed by atoms with E-state index in [1.54, 1.807) is 0 Å². The summed E-state index contributed by atoms with van der Waals surface area (Å²) in [7, 11) is 1.35. The van der Waals surface area contributed by atoms with Gasteiger partial charge in [-0.2, -0.15) is 0 Å². The molecule has 2 aromatic rings. The van der Waals surface area contributed by atoms with Gasteiger partial charge in [-0.25, -0.2) is 0 Å². The number of rotatable bonds is 5. The first-order valence-electron chi connectivity index (χ1n) is 7.60. The van der Waals surface area contributed by atoms with E-state index in [1.807, 2.05) is 38.1 Å². The fraction of sp³-hybridized carbons (Fsp3) is 0.316. The molecule has 4 nitrogen and oxygen atoms in total. The number of esters is 1. The summed E-state index contributed by atoms with van der Waals surface area (Å²) in [6, 6.07) is 7.60. The summed E-state index contributed by atoms with van der Waals surface area (Å²) in [4.78, 5) is 11.2. The molecule has 2 rings (SSSR count). The first kappa shape index (κ1) is 18.6. The van der Waals surface area contributed by atoms with Gasteiger partial charge in [-0.1, -0.05) is 0 Å². The van der Waals surface area contributed by atoms with Crippen LogP contribution in [0.1, 0.15) is 22.3 Å². The second-order valence-corrected chi connectivity index (χ2v) is 8.67. The molecule has 5 heteroatoms. The number of carbonyl (C=O) groups is 1. The van der Waals surface area contributed by atoms with Crippen LogP contribution in [-0.2, 0) is 9.53 Å². The van der Waals surface area contributed by atoms with E-state index < -0.39 is 26.9 Å². The van der Waals surface area contributed by atoms with Crippen molar-refractivity contribution in [1.82, 2.24) is 0 Å². The van der Waals surface area contributed by atoms with Crippen molar-refractivity contribution in [1.29, 1.82) is 0 Å². The Hall–Kier alpha value is -1.70. The van der Waals surface area contributed by atoms with Gasteiger partial charge in [0.15, 0.2) is 0 Å². The van der Waals surface area contributed by atoms with Crippen molar-refractivity contribution in [3.63, 3.8) is 0 Å². The Morgan fingerprint density at radius 1 is 0.958 bits per heavy atom. The Bertz CT molecular complexity index is 722. The van der Waals surface area contributed by atoms with Crippen LogP contribution < -0.4 is 12.0 Å². The van der Waals surface area contributed by atoms with Crippen molar-refractivity contribution >= 4 is 34.1 Å².